The molecule has 0 saturated heterocycles. The predicted molar refractivity (Wildman–Crippen MR) is 86.3 cm³/mol. The summed E-state index contributed by atoms with van der Waals surface area (Å²) >= 11 is 0. The lowest BCUT2D eigenvalue weighted by Gasteiger charge is -2.33. The number of hydrogen-bond acceptors (Lipinski definition) is 1. The first-order chi connectivity index (χ1) is 10.1. The molecule has 0 bridgehead atoms. The zero-order valence-electron chi connectivity index (χ0n) is 12.8. The summed E-state index contributed by atoms with van der Waals surface area (Å²) in [6.07, 6.45) is 4.00. The molecule has 0 radical (unpaired) electrons. The van der Waals surface area contributed by atoms with Crippen LogP contribution >= 0.6 is 0 Å². The molecule has 3 rings (SSSR count). The highest BCUT2D eigenvalue weighted by Crippen LogP contribution is 2.39. The molecule has 1 unspecified atom stereocenters. The highest BCUT2D eigenvalue weighted by Gasteiger charge is 2.36. The average molecular weight is 275 g/mol. The van der Waals surface area contributed by atoms with Crippen LogP contribution in [0.15, 0.2) is 42.5 Å². The van der Waals surface area contributed by atoms with Crippen LogP contribution in [0.25, 0.3) is 0 Å². The summed E-state index contributed by atoms with van der Waals surface area (Å²) < 4.78 is 0. The summed E-state index contributed by atoms with van der Waals surface area (Å²) in [7, 11) is 0. The van der Waals surface area contributed by atoms with Crippen LogP contribution in [0.2, 0.25) is 0 Å². The Hall–Kier alpha value is -2.07. The maximum Gasteiger partial charge on any atom is 0.0865 e. The number of fused-ring (bicyclic) bond motifs is 1. The molecular weight excluding hydrogens is 254 g/mol. The van der Waals surface area contributed by atoms with Crippen molar-refractivity contribution in [2.24, 2.45) is 0 Å². The second-order valence-electron chi connectivity index (χ2n) is 6.38. The van der Waals surface area contributed by atoms with Crippen molar-refractivity contribution in [1.82, 2.24) is 0 Å². The number of aryl methyl sites for hydroxylation is 3. The van der Waals surface area contributed by atoms with Gasteiger partial charge in [0.2, 0.25) is 0 Å². The third-order valence-corrected chi connectivity index (χ3v) is 4.58. The van der Waals surface area contributed by atoms with Crippen LogP contribution in [0, 0.1) is 25.2 Å². The van der Waals surface area contributed by atoms with E-state index in [0.717, 1.165) is 25.7 Å². The van der Waals surface area contributed by atoms with Crippen LogP contribution in [0.4, 0.5) is 0 Å². The van der Waals surface area contributed by atoms with Gasteiger partial charge in [0, 0.05) is 0 Å². The van der Waals surface area contributed by atoms with Gasteiger partial charge in [0.05, 0.1) is 11.5 Å². The summed E-state index contributed by atoms with van der Waals surface area (Å²) in [5.74, 6) is 0. The van der Waals surface area contributed by atoms with Crippen molar-refractivity contribution in [3.63, 3.8) is 0 Å². The Labute approximate surface area is 127 Å². The molecule has 2 aromatic carbocycles. The molecule has 0 N–H and O–H groups in total. The van der Waals surface area contributed by atoms with Gasteiger partial charge < -0.3 is 0 Å². The Morgan fingerprint density at radius 3 is 2.52 bits per heavy atom. The van der Waals surface area contributed by atoms with E-state index in [1.807, 2.05) is 0 Å². The fourth-order valence-electron chi connectivity index (χ4n) is 3.78. The summed E-state index contributed by atoms with van der Waals surface area (Å²) in [5.41, 5.74) is 6.09. The predicted octanol–water partition coefficient (Wildman–Crippen LogP) is 4.64. The Balaban J connectivity index is 2.05. The molecule has 0 heterocycles. The summed E-state index contributed by atoms with van der Waals surface area (Å²) in [6, 6.07) is 17.8. The lowest BCUT2D eigenvalue weighted by Crippen LogP contribution is -2.31. The number of nitriles is 1. The molecule has 0 amide bonds. The van der Waals surface area contributed by atoms with Crippen molar-refractivity contribution in [1.29, 1.82) is 5.26 Å². The number of hydrogen-bond donors (Lipinski definition) is 0. The fourth-order valence-corrected chi connectivity index (χ4v) is 3.78. The molecule has 21 heavy (non-hydrogen) atoms. The van der Waals surface area contributed by atoms with Crippen LogP contribution in [-0.4, -0.2) is 0 Å². The molecule has 1 atom stereocenters. The molecule has 106 valence electrons. The first-order valence-corrected chi connectivity index (χ1v) is 7.70. The van der Waals surface area contributed by atoms with Gasteiger partial charge in [0.25, 0.3) is 0 Å². The van der Waals surface area contributed by atoms with Crippen molar-refractivity contribution in [2.75, 3.05) is 0 Å². The normalized spacial score (nSPS) is 20.6. The van der Waals surface area contributed by atoms with Gasteiger partial charge in [-0.05, 0) is 56.2 Å². The zero-order valence-corrected chi connectivity index (χ0v) is 12.8. The van der Waals surface area contributed by atoms with Crippen LogP contribution in [-0.2, 0) is 18.3 Å². The van der Waals surface area contributed by atoms with E-state index in [9.17, 15) is 5.26 Å². The molecule has 1 aliphatic rings. The Morgan fingerprint density at radius 2 is 1.81 bits per heavy atom. The molecule has 1 nitrogen and oxygen atoms in total. The standard InChI is InChI=1S/C20H21N/c1-15-10-16(2)12-17(11-15)13-20(14-21)9-5-7-18-6-3-4-8-19(18)20/h3-4,6,8,10-12H,5,7,9,13H2,1-2H3. The molecule has 0 spiro atoms. The van der Waals surface area contributed by atoms with Crippen molar-refractivity contribution in [2.45, 2.75) is 44.9 Å². The lowest BCUT2D eigenvalue weighted by atomic mass is 9.67. The monoisotopic (exact) mass is 275 g/mol. The first kappa shape index (κ1) is 13.9. The number of nitrogens with zero attached hydrogens (tertiary/aromatic N) is 1. The van der Waals surface area contributed by atoms with Gasteiger partial charge in [-0.1, -0.05) is 53.6 Å². The van der Waals surface area contributed by atoms with E-state index in [0.29, 0.717) is 0 Å². The lowest BCUT2D eigenvalue weighted by molar-refractivity contribution is 0.450. The quantitative estimate of drug-likeness (QED) is 0.783. The summed E-state index contributed by atoms with van der Waals surface area (Å²) in [5, 5.41) is 9.94. The molecule has 0 aromatic heterocycles. The molecule has 1 heteroatoms. The Morgan fingerprint density at radius 1 is 1.10 bits per heavy atom. The van der Waals surface area contributed by atoms with Gasteiger partial charge >= 0.3 is 0 Å². The highest BCUT2D eigenvalue weighted by atomic mass is 14.4. The maximum absolute atomic E-state index is 9.94. The Kier molecular flexibility index (Phi) is 3.55. The van der Waals surface area contributed by atoms with Gasteiger partial charge in [-0.15, -0.1) is 0 Å². The topological polar surface area (TPSA) is 23.8 Å². The molecular formula is C20H21N. The van der Waals surface area contributed by atoms with Gasteiger partial charge in [-0.25, -0.2) is 0 Å². The minimum absolute atomic E-state index is 0.352. The van der Waals surface area contributed by atoms with E-state index in [-0.39, 0.29) is 5.41 Å². The van der Waals surface area contributed by atoms with Gasteiger partial charge in [0.1, 0.15) is 0 Å². The smallest absolute Gasteiger partial charge is 0.0865 e. The molecule has 0 fully saturated rings. The third-order valence-electron chi connectivity index (χ3n) is 4.58. The number of benzene rings is 2. The highest BCUT2D eigenvalue weighted by molar-refractivity contribution is 5.44. The van der Waals surface area contributed by atoms with E-state index in [4.69, 9.17) is 0 Å². The largest absolute Gasteiger partial charge is 0.197 e. The summed E-state index contributed by atoms with van der Waals surface area (Å²) in [4.78, 5) is 0. The minimum Gasteiger partial charge on any atom is -0.197 e. The second kappa shape index (κ2) is 5.37. The molecule has 0 saturated carbocycles. The maximum atomic E-state index is 9.94. The van der Waals surface area contributed by atoms with E-state index < -0.39 is 0 Å². The Bertz CT molecular complexity index is 688. The first-order valence-electron chi connectivity index (χ1n) is 7.70. The molecule has 2 aromatic rings. The van der Waals surface area contributed by atoms with Gasteiger partial charge in [-0.2, -0.15) is 5.26 Å². The van der Waals surface area contributed by atoms with Crippen LogP contribution in [0.3, 0.4) is 0 Å². The third kappa shape index (κ3) is 2.59. The van der Waals surface area contributed by atoms with Crippen molar-refractivity contribution in [3.8, 4) is 6.07 Å². The van der Waals surface area contributed by atoms with E-state index in [1.54, 1.807) is 0 Å². The van der Waals surface area contributed by atoms with Crippen LogP contribution in [0.5, 0.6) is 0 Å². The van der Waals surface area contributed by atoms with Gasteiger partial charge in [0.15, 0.2) is 0 Å². The van der Waals surface area contributed by atoms with Crippen LogP contribution in [0.1, 0.15) is 40.7 Å². The van der Waals surface area contributed by atoms with Crippen molar-refractivity contribution < 1.29 is 0 Å². The fraction of sp³-hybridized carbons (Fsp3) is 0.350. The number of rotatable bonds is 2. The average Bonchev–Trinajstić information content (AvgIpc) is 2.46. The minimum atomic E-state index is -0.352. The van der Waals surface area contributed by atoms with E-state index in [1.165, 1.54) is 27.8 Å². The summed E-state index contributed by atoms with van der Waals surface area (Å²) in [6.45, 7) is 4.26. The second-order valence-corrected chi connectivity index (χ2v) is 6.38. The van der Waals surface area contributed by atoms with Crippen molar-refractivity contribution in [3.05, 3.63) is 70.3 Å². The van der Waals surface area contributed by atoms with Crippen molar-refractivity contribution >= 4 is 0 Å². The molecule has 0 aliphatic heterocycles. The van der Waals surface area contributed by atoms with Gasteiger partial charge in [-0.3, -0.25) is 0 Å². The molecule has 1 aliphatic carbocycles. The van der Waals surface area contributed by atoms with Crippen LogP contribution < -0.4 is 0 Å². The van der Waals surface area contributed by atoms with E-state index >= 15 is 0 Å². The zero-order chi connectivity index (χ0) is 14.9. The SMILES string of the molecule is Cc1cc(C)cc(CC2(C#N)CCCc3ccccc32)c1. The van der Waals surface area contributed by atoms with E-state index in [2.05, 4.69) is 62.4 Å².